The van der Waals surface area contributed by atoms with Crippen molar-refractivity contribution in [1.82, 2.24) is 25.1 Å². The van der Waals surface area contributed by atoms with E-state index in [1.807, 2.05) is 17.9 Å². The van der Waals surface area contributed by atoms with Crippen LogP contribution in [0.5, 0.6) is 0 Å². The Morgan fingerprint density at radius 1 is 1.22 bits per heavy atom. The molecular formula is C16H21N5OS. The summed E-state index contributed by atoms with van der Waals surface area (Å²) < 4.78 is 1.70. The maximum absolute atomic E-state index is 12.4. The van der Waals surface area contributed by atoms with Crippen molar-refractivity contribution in [1.29, 1.82) is 0 Å². The lowest BCUT2D eigenvalue weighted by molar-refractivity contribution is -0.129. The minimum Gasteiger partial charge on any atom is -0.342 e. The lowest BCUT2D eigenvalue weighted by Crippen LogP contribution is -2.34. The third kappa shape index (κ3) is 3.39. The molecule has 1 aromatic carbocycles. The van der Waals surface area contributed by atoms with Crippen molar-refractivity contribution >= 4 is 17.7 Å². The molecule has 1 aliphatic heterocycles. The van der Waals surface area contributed by atoms with E-state index in [0.717, 1.165) is 31.6 Å². The number of nitrogens with zero attached hydrogens (tertiary/aromatic N) is 5. The van der Waals surface area contributed by atoms with Gasteiger partial charge in [-0.1, -0.05) is 17.8 Å². The zero-order valence-corrected chi connectivity index (χ0v) is 14.5. The molecule has 1 aromatic heterocycles. The molecule has 1 amide bonds. The first kappa shape index (κ1) is 16.0. The van der Waals surface area contributed by atoms with Gasteiger partial charge in [-0.3, -0.25) is 4.79 Å². The van der Waals surface area contributed by atoms with Gasteiger partial charge in [0.1, 0.15) is 0 Å². The monoisotopic (exact) mass is 331 g/mol. The molecule has 23 heavy (non-hydrogen) atoms. The molecule has 1 aliphatic rings. The number of rotatable bonds is 4. The number of hydrogen-bond acceptors (Lipinski definition) is 5. The zero-order chi connectivity index (χ0) is 16.4. The summed E-state index contributed by atoms with van der Waals surface area (Å²) in [6.45, 7) is 7.79. The van der Waals surface area contributed by atoms with Gasteiger partial charge in [0.2, 0.25) is 11.1 Å². The number of aryl methyl sites for hydroxylation is 2. The number of benzene rings is 1. The molecule has 0 radical (unpaired) electrons. The van der Waals surface area contributed by atoms with E-state index in [1.165, 1.54) is 22.9 Å². The van der Waals surface area contributed by atoms with Gasteiger partial charge in [-0.15, -0.1) is 5.10 Å². The summed E-state index contributed by atoms with van der Waals surface area (Å²) in [5, 5.41) is 12.4. The highest BCUT2D eigenvalue weighted by Gasteiger charge is 2.25. The summed E-state index contributed by atoms with van der Waals surface area (Å²) >= 11 is 1.41. The number of tetrazole rings is 1. The second kappa shape index (κ2) is 6.70. The second-order valence-electron chi connectivity index (χ2n) is 5.93. The Hall–Kier alpha value is -1.89. The van der Waals surface area contributed by atoms with E-state index in [0.29, 0.717) is 5.16 Å². The molecule has 0 unspecified atom stereocenters. The van der Waals surface area contributed by atoms with Crippen molar-refractivity contribution in [2.45, 2.75) is 44.0 Å². The maximum Gasteiger partial charge on any atom is 0.235 e. The molecule has 0 N–H and O–H groups in total. The first-order valence-corrected chi connectivity index (χ1v) is 8.75. The molecule has 1 atom stereocenters. The van der Waals surface area contributed by atoms with E-state index in [2.05, 4.69) is 41.5 Å². The minimum absolute atomic E-state index is 0.169. The molecule has 6 nitrogen and oxygen atoms in total. The van der Waals surface area contributed by atoms with Crippen LogP contribution in [-0.4, -0.2) is 49.4 Å². The molecular weight excluding hydrogens is 310 g/mol. The van der Waals surface area contributed by atoms with Gasteiger partial charge in [0, 0.05) is 13.1 Å². The van der Waals surface area contributed by atoms with Crippen molar-refractivity contribution < 1.29 is 4.79 Å². The average molecular weight is 331 g/mol. The van der Waals surface area contributed by atoms with Crippen LogP contribution in [0.3, 0.4) is 0 Å². The SMILES string of the molecule is Cc1ccc(-n2nnnc2S[C@@H](C)C(=O)N2CCCC2)cc1C. The molecule has 0 spiro atoms. The number of likely N-dealkylation sites (tertiary alicyclic amines) is 1. The van der Waals surface area contributed by atoms with E-state index in [-0.39, 0.29) is 11.2 Å². The second-order valence-corrected chi connectivity index (χ2v) is 7.24. The van der Waals surface area contributed by atoms with E-state index >= 15 is 0 Å². The molecule has 1 fully saturated rings. The van der Waals surface area contributed by atoms with Crippen molar-refractivity contribution in [2.24, 2.45) is 0 Å². The van der Waals surface area contributed by atoms with Gasteiger partial charge in [0.25, 0.3) is 0 Å². The first-order valence-electron chi connectivity index (χ1n) is 7.87. The molecule has 122 valence electrons. The minimum atomic E-state index is -0.190. The summed E-state index contributed by atoms with van der Waals surface area (Å²) in [5.74, 6) is 0.169. The predicted octanol–water partition coefficient (Wildman–Crippen LogP) is 2.38. The van der Waals surface area contributed by atoms with Gasteiger partial charge in [-0.05, 0) is 67.3 Å². The number of carbonyl (C=O) groups excluding carboxylic acids is 1. The third-order valence-electron chi connectivity index (χ3n) is 4.22. The Balaban J connectivity index is 1.77. The van der Waals surface area contributed by atoms with Gasteiger partial charge in [0.15, 0.2) is 0 Å². The number of amides is 1. The number of hydrogen-bond donors (Lipinski definition) is 0. The standard InChI is InChI=1S/C16H21N5OS/c1-11-6-7-14(10-12(11)2)21-16(17-18-19-21)23-13(3)15(22)20-8-4-5-9-20/h6-7,10,13H,4-5,8-9H2,1-3H3/t13-/m0/s1. The molecule has 0 aliphatic carbocycles. The summed E-state index contributed by atoms with van der Waals surface area (Å²) in [4.78, 5) is 14.4. The Kier molecular flexibility index (Phi) is 4.66. The highest BCUT2D eigenvalue weighted by atomic mass is 32.2. The number of carbonyl (C=O) groups is 1. The fourth-order valence-corrected chi connectivity index (χ4v) is 3.57. The zero-order valence-electron chi connectivity index (χ0n) is 13.7. The molecule has 7 heteroatoms. The van der Waals surface area contributed by atoms with Crippen LogP contribution in [0, 0.1) is 13.8 Å². The van der Waals surface area contributed by atoms with E-state index in [4.69, 9.17) is 0 Å². The van der Waals surface area contributed by atoms with Crippen LogP contribution >= 0.6 is 11.8 Å². The Bertz CT molecular complexity index is 708. The molecule has 3 rings (SSSR count). The van der Waals surface area contributed by atoms with Gasteiger partial charge in [0.05, 0.1) is 10.9 Å². The quantitative estimate of drug-likeness (QED) is 0.805. The van der Waals surface area contributed by atoms with Crippen LogP contribution in [0.15, 0.2) is 23.4 Å². The van der Waals surface area contributed by atoms with Gasteiger partial charge >= 0.3 is 0 Å². The number of aromatic nitrogens is 4. The van der Waals surface area contributed by atoms with Crippen molar-refractivity contribution in [3.8, 4) is 5.69 Å². The van der Waals surface area contributed by atoms with Crippen LogP contribution in [0.2, 0.25) is 0 Å². The van der Waals surface area contributed by atoms with E-state index in [9.17, 15) is 4.79 Å². The Labute approximate surface area is 140 Å². The van der Waals surface area contributed by atoms with E-state index in [1.54, 1.807) is 4.68 Å². The van der Waals surface area contributed by atoms with E-state index < -0.39 is 0 Å². The van der Waals surface area contributed by atoms with Gasteiger partial charge in [-0.2, -0.15) is 4.68 Å². The maximum atomic E-state index is 12.4. The normalized spacial score (nSPS) is 15.9. The van der Waals surface area contributed by atoms with Crippen molar-refractivity contribution in [3.63, 3.8) is 0 Å². The third-order valence-corrected chi connectivity index (χ3v) is 5.24. The Morgan fingerprint density at radius 3 is 2.65 bits per heavy atom. The van der Waals surface area contributed by atoms with Crippen molar-refractivity contribution in [3.05, 3.63) is 29.3 Å². The fraction of sp³-hybridized carbons (Fsp3) is 0.500. The smallest absolute Gasteiger partial charge is 0.235 e. The summed E-state index contributed by atoms with van der Waals surface area (Å²) in [6.07, 6.45) is 2.20. The van der Waals surface area contributed by atoms with Gasteiger partial charge in [-0.25, -0.2) is 0 Å². The molecule has 2 aromatic rings. The van der Waals surface area contributed by atoms with Crippen LogP contribution in [-0.2, 0) is 4.79 Å². The summed E-state index contributed by atoms with van der Waals surface area (Å²) in [5.41, 5.74) is 3.34. The largest absolute Gasteiger partial charge is 0.342 e. The molecule has 0 bridgehead atoms. The van der Waals surface area contributed by atoms with Gasteiger partial charge < -0.3 is 4.90 Å². The van der Waals surface area contributed by atoms with Crippen LogP contribution in [0.25, 0.3) is 5.69 Å². The van der Waals surface area contributed by atoms with Crippen LogP contribution in [0.4, 0.5) is 0 Å². The average Bonchev–Trinajstić information content (AvgIpc) is 3.20. The number of thioether (sulfide) groups is 1. The topological polar surface area (TPSA) is 63.9 Å². The van der Waals surface area contributed by atoms with Crippen LogP contribution < -0.4 is 0 Å². The lowest BCUT2D eigenvalue weighted by Gasteiger charge is -2.19. The van der Waals surface area contributed by atoms with Crippen molar-refractivity contribution in [2.75, 3.05) is 13.1 Å². The highest BCUT2D eigenvalue weighted by Crippen LogP contribution is 2.25. The lowest BCUT2D eigenvalue weighted by atomic mass is 10.1. The predicted molar refractivity (Wildman–Crippen MR) is 89.8 cm³/mol. The highest BCUT2D eigenvalue weighted by molar-refractivity contribution is 8.00. The summed E-state index contributed by atoms with van der Waals surface area (Å²) in [6, 6.07) is 6.11. The van der Waals surface area contributed by atoms with Crippen LogP contribution in [0.1, 0.15) is 30.9 Å². The molecule has 0 saturated carbocycles. The Morgan fingerprint density at radius 2 is 1.96 bits per heavy atom. The fourth-order valence-electron chi connectivity index (χ4n) is 2.67. The molecule has 1 saturated heterocycles. The summed E-state index contributed by atoms with van der Waals surface area (Å²) in [7, 11) is 0. The molecule has 2 heterocycles. The first-order chi connectivity index (χ1) is 11.1.